The highest BCUT2D eigenvalue weighted by Crippen LogP contribution is 2.27. The van der Waals surface area contributed by atoms with Crippen molar-refractivity contribution < 1.29 is 20.1 Å². The second-order valence-corrected chi connectivity index (χ2v) is 3.69. The van der Waals surface area contributed by atoms with Crippen LogP contribution in [0.15, 0.2) is 18.2 Å². The van der Waals surface area contributed by atoms with Crippen LogP contribution in [0.1, 0.15) is 38.2 Å². The quantitative estimate of drug-likeness (QED) is 0.546. The number of unbranched alkanes of at least 4 members (excludes halogenated alkanes) is 3. The third-order valence-corrected chi connectivity index (χ3v) is 2.41. The molecule has 0 fully saturated rings. The van der Waals surface area contributed by atoms with Gasteiger partial charge in [-0.1, -0.05) is 32.3 Å². The molecular weight excluding hydrogens is 220 g/mol. The van der Waals surface area contributed by atoms with Crippen LogP contribution < -0.4 is 0 Å². The Balaban J connectivity index is 0.000000770. The Labute approximate surface area is 102 Å². The first-order valence-corrected chi connectivity index (χ1v) is 5.75. The van der Waals surface area contributed by atoms with E-state index in [1.54, 1.807) is 18.2 Å². The number of rotatable bonds is 5. The number of benzene rings is 1. The van der Waals surface area contributed by atoms with Crippen molar-refractivity contribution >= 4 is 6.47 Å². The summed E-state index contributed by atoms with van der Waals surface area (Å²) in [5, 5.41) is 25.9. The number of phenolic OH excluding ortho intramolecular Hbond substituents is 2. The predicted octanol–water partition coefficient (Wildman–Crippen LogP) is 2.92. The monoisotopic (exact) mass is 240 g/mol. The van der Waals surface area contributed by atoms with Crippen molar-refractivity contribution in [1.82, 2.24) is 0 Å². The van der Waals surface area contributed by atoms with Crippen molar-refractivity contribution in [1.29, 1.82) is 0 Å². The molecule has 0 saturated carbocycles. The minimum absolute atomic E-state index is 0.210. The zero-order chi connectivity index (χ0) is 13.1. The minimum Gasteiger partial charge on any atom is -0.508 e. The van der Waals surface area contributed by atoms with E-state index in [2.05, 4.69) is 6.92 Å². The third-order valence-electron chi connectivity index (χ3n) is 2.41. The lowest BCUT2D eigenvalue weighted by atomic mass is 10.0. The van der Waals surface area contributed by atoms with Gasteiger partial charge in [0.25, 0.3) is 6.47 Å². The molecule has 4 nitrogen and oxygen atoms in total. The lowest BCUT2D eigenvalue weighted by molar-refractivity contribution is -0.122. The Kier molecular flexibility index (Phi) is 8.55. The first-order valence-electron chi connectivity index (χ1n) is 5.75. The number of hydrogen-bond acceptors (Lipinski definition) is 3. The van der Waals surface area contributed by atoms with Crippen LogP contribution in [0.3, 0.4) is 0 Å². The fraction of sp³-hybridized carbons (Fsp3) is 0.462. The fourth-order valence-electron chi connectivity index (χ4n) is 1.55. The first-order chi connectivity index (χ1) is 8.17. The number of aromatic hydroxyl groups is 2. The highest BCUT2D eigenvalue weighted by Gasteiger charge is 2.05. The molecule has 0 amide bonds. The minimum atomic E-state index is -0.250. The molecule has 96 valence electrons. The van der Waals surface area contributed by atoms with Gasteiger partial charge >= 0.3 is 0 Å². The number of phenols is 2. The molecule has 0 aliphatic carbocycles. The second-order valence-electron chi connectivity index (χ2n) is 3.69. The maximum atomic E-state index is 9.49. The highest BCUT2D eigenvalue weighted by molar-refractivity contribution is 5.42. The van der Waals surface area contributed by atoms with Crippen LogP contribution in [0.2, 0.25) is 0 Å². The summed E-state index contributed by atoms with van der Waals surface area (Å²) in [6.45, 7) is 1.91. The Hall–Kier alpha value is -1.71. The van der Waals surface area contributed by atoms with E-state index in [0.717, 1.165) is 19.3 Å². The summed E-state index contributed by atoms with van der Waals surface area (Å²) in [6.07, 6.45) is 5.36. The molecule has 0 radical (unpaired) electrons. The van der Waals surface area contributed by atoms with Crippen LogP contribution in [-0.2, 0) is 11.2 Å². The molecule has 0 spiro atoms. The molecule has 0 aromatic heterocycles. The van der Waals surface area contributed by atoms with Crippen LogP contribution >= 0.6 is 0 Å². The van der Waals surface area contributed by atoms with E-state index >= 15 is 0 Å². The Morgan fingerprint density at radius 3 is 2.12 bits per heavy atom. The molecule has 0 bridgehead atoms. The van der Waals surface area contributed by atoms with Gasteiger partial charge in [-0.25, -0.2) is 0 Å². The van der Waals surface area contributed by atoms with Gasteiger partial charge < -0.3 is 15.3 Å². The maximum absolute atomic E-state index is 9.49. The van der Waals surface area contributed by atoms with Crippen LogP contribution in [0.5, 0.6) is 11.5 Å². The summed E-state index contributed by atoms with van der Waals surface area (Å²) in [4.78, 5) is 8.36. The second kappa shape index (κ2) is 9.51. The Morgan fingerprint density at radius 2 is 1.65 bits per heavy atom. The van der Waals surface area contributed by atoms with E-state index in [9.17, 15) is 10.2 Å². The Morgan fingerprint density at radius 1 is 1.12 bits per heavy atom. The molecule has 1 rings (SSSR count). The van der Waals surface area contributed by atoms with Gasteiger partial charge in [0, 0.05) is 5.56 Å². The molecule has 0 atom stereocenters. The molecule has 1 aromatic rings. The van der Waals surface area contributed by atoms with Crippen molar-refractivity contribution in [2.75, 3.05) is 0 Å². The Bertz CT molecular complexity index is 303. The molecule has 0 aliphatic heterocycles. The van der Waals surface area contributed by atoms with Crippen molar-refractivity contribution in [2.45, 2.75) is 39.0 Å². The molecule has 1 aromatic carbocycles. The fourth-order valence-corrected chi connectivity index (χ4v) is 1.55. The van der Waals surface area contributed by atoms with Crippen LogP contribution in [-0.4, -0.2) is 21.8 Å². The average Bonchev–Trinajstić information content (AvgIpc) is 2.28. The summed E-state index contributed by atoms with van der Waals surface area (Å²) < 4.78 is 0. The molecular formula is C13H20O4. The van der Waals surface area contributed by atoms with Gasteiger partial charge in [-0.2, -0.15) is 0 Å². The summed E-state index contributed by atoms with van der Waals surface area (Å²) >= 11 is 0. The smallest absolute Gasteiger partial charge is 0.290 e. The number of carboxylic acid groups (broad SMARTS) is 1. The van der Waals surface area contributed by atoms with Crippen molar-refractivity contribution in [3.05, 3.63) is 23.8 Å². The van der Waals surface area contributed by atoms with Crippen molar-refractivity contribution in [2.24, 2.45) is 0 Å². The normalized spacial score (nSPS) is 9.24. The summed E-state index contributed by atoms with van der Waals surface area (Å²) in [5.41, 5.74) is 0.684. The van der Waals surface area contributed by atoms with Gasteiger partial charge in [0.15, 0.2) is 0 Å². The van der Waals surface area contributed by atoms with Gasteiger partial charge in [0.2, 0.25) is 0 Å². The summed E-state index contributed by atoms with van der Waals surface area (Å²) in [6, 6.07) is 4.89. The first kappa shape index (κ1) is 15.3. The van der Waals surface area contributed by atoms with Crippen molar-refractivity contribution in [3.63, 3.8) is 0 Å². The van der Waals surface area contributed by atoms with Crippen LogP contribution in [0.25, 0.3) is 0 Å². The van der Waals surface area contributed by atoms with Crippen LogP contribution in [0, 0.1) is 0 Å². The topological polar surface area (TPSA) is 77.8 Å². The summed E-state index contributed by atoms with van der Waals surface area (Å²) in [5.74, 6) is 0.419. The summed E-state index contributed by atoms with van der Waals surface area (Å²) in [7, 11) is 0. The molecule has 4 heteroatoms. The molecule has 0 heterocycles. The average molecular weight is 240 g/mol. The van der Waals surface area contributed by atoms with Gasteiger partial charge in [0.05, 0.1) is 0 Å². The lowest BCUT2D eigenvalue weighted by Gasteiger charge is -2.06. The van der Waals surface area contributed by atoms with Gasteiger partial charge in [-0.05, 0) is 25.0 Å². The number of carbonyl (C=O) groups is 1. The van der Waals surface area contributed by atoms with E-state index < -0.39 is 0 Å². The lowest BCUT2D eigenvalue weighted by Crippen LogP contribution is -1.87. The van der Waals surface area contributed by atoms with E-state index in [0.29, 0.717) is 5.56 Å². The van der Waals surface area contributed by atoms with E-state index in [1.165, 1.54) is 12.8 Å². The standard InChI is InChI=1S/C12H18O2.CH2O2/c1-2-3-4-5-7-10-11(13)8-6-9-12(10)14;2-1-3/h6,8-9,13-14H,2-5,7H2,1H3;1H,(H,2,3). The van der Waals surface area contributed by atoms with Gasteiger partial charge in [0.1, 0.15) is 11.5 Å². The predicted molar refractivity (Wildman–Crippen MR) is 66.3 cm³/mol. The zero-order valence-electron chi connectivity index (χ0n) is 10.1. The maximum Gasteiger partial charge on any atom is 0.290 e. The SMILES string of the molecule is CCCCCCc1c(O)cccc1O.O=CO. The van der Waals surface area contributed by atoms with E-state index in [1.807, 2.05) is 0 Å². The number of hydrogen-bond donors (Lipinski definition) is 3. The zero-order valence-corrected chi connectivity index (χ0v) is 10.1. The molecule has 0 saturated heterocycles. The molecule has 3 N–H and O–H groups in total. The van der Waals surface area contributed by atoms with E-state index in [4.69, 9.17) is 9.90 Å². The third kappa shape index (κ3) is 6.45. The van der Waals surface area contributed by atoms with E-state index in [-0.39, 0.29) is 18.0 Å². The van der Waals surface area contributed by atoms with Crippen molar-refractivity contribution in [3.8, 4) is 11.5 Å². The molecule has 17 heavy (non-hydrogen) atoms. The molecule has 0 aliphatic rings. The van der Waals surface area contributed by atoms with Gasteiger partial charge in [-0.15, -0.1) is 0 Å². The van der Waals surface area contributed by atoms with Gasteiger partial charge in [-0.3, -0.25) is 4.79 Å². The molecule has 0 unspecified atom stereocenters. The largest absolute Gasteiger partial charge is 0.508 e. The highest BCUT2D eigenvalue weighted by atomic mass is 16.3. The van der Waals surface area contributed by atoms with Crippen LogP contribution in [0.4, 0.5) is 0 Å².